The second kappa shape index (κ2) is 4.74. The van der Waals surface area contributed by atoms with E-state index in [2.05, 4.69) is 33.0 Å². The first kappa shape index (κ1) is 11.2. The molecule has 3 nitrogen and oxygen atoms in total. The summed E-state index contributed by atoms with van der Waals surface area (Å²) in [7, 11) is 0. The average molecular weight is 255 g/mol. The maximum atomic E-state index is 4.32. The molecule has 3 aromatic rings. The van der Waals surface area contributed by atoms with Crippen molar-refractivity contribution in [2.45, 2.75) is 13.5 Å². The van der Waals surface area contributed by atoms with Gasteiger partial charge in [-0.15, -0.1) is 0 Å². The van der Waals surface area contributed by atoms with Crippen LogP contribution >= 0.6 is 11.3 Å². The standard InChI is InChI=1S/C14H13N3S/c1-10-7-18-8-11(10)6-15-14-12-4-2-3-5-13(12)16-9-17-14/h2-5,7-9H,6H2,1H3,(H,15,16,17). The lowest BCUT2D eigenvalue weighted by atomic mass is 10.2. The lowest BCUT2D eigenvalue weighted by Crippen LogP contribution is -2.02. The summed E-state index contributed by atoms with van der Waals surface area (Å²) < 4.78 is 0. The highest BCUT2D eigenvalue weighted by Crippen LogP contribution is 2.20. The van der Waals surface area contributed by atoms with Crippen LogP contribution in [0.2, 0.25) is 0 Å². The lowest BCUT2D eigenvalue weighted by Gasteiger charge is -2.07. The minimum atomic E-state index is 0.802. The lowest BCUT2D eigenvalue weighted by molar-refractivity contribution is 1.10. The summed E-state index contributed by atoms with van der Waals surface area (Å²) in [4.78, 5) is 8.57. The Kier molecular flexibility index (Phi) is 2.94. The third-order valence-corrected chi connectivity index (χ3v) is 3.86. The van der Waals surface area contributed by atoms with Gasteiger partial charge in [-0.05, 0) is 40.9 Å². The van der Waals surface area contributed by atoms with Gasteiger partial charge >= 0.3 is 0 Å². The van der Waals surface area contributed by atoms with E-state index in [0.29, 0.717) is 0 Å². The summed E-state index contributed by atoms with van der Waals surface area (Å²) in [5, 5.41) is 8.78. The molecule has 2 heterocycles. The van der Waals surface area contributed by atoms with Gasteiger partial charge in [-0.2, -0.15) is 11.3 Å². The number of para-hydroxylation sites is 1. The number of nitrogens with zero attached hydrogens (tertiary/aromatic N) is 2. The van der Waals surface area contributed by atoms with Crippen LogP contribution in [0.1, 0.15) is 11.1 Å². The van der Waals surface area contributed by atoms with Crippen LogP contribution in [-0.4, -0.2) is 9.97 Å². The highest BCUT2D eigenvalue weighted by atomic mass is 32.1. The summed E-state index contributed by atoms with van der Waals surface area (Å²) in [6.45, 7) is 2.93. The number of aromatic nitrogens is 2. The van der Waals surface area contributed by atoms with Gasteiger partial charge in [0.05, 0.1) is 5.52 Å². The van der Waals surface area contributed by atoms with E-state index in [1.54, 1.807) is 17.7 Å². The molecule has 0 saturated carbocycles. The Labute approximate surface area is 110 Å². The van der Waals surface area contributed by atoms with Crippen LogP contribution in [0.15, 0.2) is 41.4 Å². The van der Waals surface area contributed by atoms with Crippen molar-refractivity contribution in [1.29, 1.82) is 0 Å². The molecule has 1 aromatic carbocycles. The smallest absolute Gasteiger partial charge is 0.137 e. The van der Waals surface area contributed by atoms with Crippen LogP contribution in [0, 0.1) is 6.92 Å². The molecular weight excluding hydrogens is 242 g/mol. The number of rotatable bonds is 3. The molecule has 0 fully saturated rings. The maximum Gasteiger partial charge on any atom is 0.137 e. The molecule has 1 N–H and O–H groups in total. The maximum absolute atomic E-state index is 4.32. The van der Waals surface area contributed by atoms with E-state index in [0.717, 1.165) is 23.3 Å². The molecule has 2 aromatic heterocycles. The number of anilines is 1. The van der Waals surface area contributed by atoms with E-state index >= 15 is 0 Å². The van der Waals surface area contributed by atoms with Crippen LogP contribution in [0.4, 0.5) is 5.82 Å². The zero-order chi connectivity index (χ0) is 12.4. The second-order valence-corrected chi connectivity index (χ2v) is 4.92. The van der Waals surface area contributed by atoms with Crippen LogP contribution in [0.25, 0.3) is 10.9 Å². The normalized spacial score (nSPS) is 10.7. The van der Waals surface area contributed by atoms with E-state index in [4.69, 9.17) is 0 Å². The first-order valence-electron chi connectivity index (χ1n) is 5.80. The number of nitrogens with one attached hydrogen (secondary N) is 1. The average Bonchev–Trinajstić information content (AvgIpc) is 2.82. The Hall–Kier alpha value is -1.94. The van der Waals surface area contributed by atoms with Gasteiger partial charge in [0.1, 0.15) is 12.1 Å². The predicted octanol–water partition coefficient (Wildman–Crippen LogP) is 3.61. The van der Waals surface area contributed by atoms with E-state index < -0.39 is 0 Å². The van der Waals surface area contributed by atoms with Crippen LogP contribution in [0.3, 0.4) is 0 Å². The van der Waals surface area contributed by atoms with E-state index in [-0.39, 0.29) is 0 Å². The summed E-state index contributed by atoms with van der Waals surface area (Å²) in [6, 6.07) is 8.03. The molecule has 90 valence electrons. The summed E-state index contributed by atoms with van der Waals surface area (Å²) in [6.07, 6.45) is 1.60. The van der Waals surface area contributed by atoms with Gasteiger partial charge in [0.15, 0.2) is 0 Å². The highest BCUT2D eigenvalue weighted by Gasteiger charge is 2.04. The van der Waals surface area contributed by atoms with Crippen LogP contribution in [0.5, 0.6) is 0 Å². The van der Waals surface area contributed by atoms with Gasteiger partial charge in [-0.3, -0.25) is 0 Å². The topological polar surface area (TPSA) is 37.8 Å². The summed E-state index contributed by atoms with van der Waals surface area (Å²) in [5.41, 5.74) is 3.62. The molecule has 4 heteroatoms. The van der Waals surface area contributed by atoms with E-state index in [1.807, 2.05) is 24.3 Å². The molecule has 0 saturated heterocycles. The number of benzene rings is 1. The van der Waals surface area contributed by atoms with Crippen molar-refractivity contribution in [3.05, 3.63) is 52.5 Å². The highest BCUT2D eigenvalue weighted by molar-refractivity contribution is 7.08. The molecule has 0 radical (unpaired) electrons. The van der Waals surface area contributed by atoms with E-state index in [1.165, 1.54) is 11.1 Å². The van der Waals surface area contributed by atoms with Crippen molar-refractivity contribution in [3.63, 3.8) is 0 Å². The number of thiophene rings is 1. The van der Waals surface area contributed by atoms with Crippen molar-refractivity contribution < 1.29 is 0 Å². The fraction of sp³-hybridized carbons (Fsp3) is 0.143. The van der Waals surface area contributed by atoms with Crippen molar-refractivity contribution in [3.8, 4) is 0 Å². The summed E-state index contributed by atoms with van der Waals surface area (Å²) in [5.74, 6) is 0.895. The number of fused-ring (bicyclic) bond motifs is 1. The Bertz CT molecular complexity index is 670. The molecule has 0 atom stereocenters. The predicted molar refractivity (Wildman–Crippen MR) is 75.9 cm³/mol. The van der Waals surface area contributed by atoms with Gasteiger partial charge in [-0.1, -0.05) is 12.1 Å². The monoisotopic (exact) mass is 255 g/mol. The number of hydrogen-bond donors (Lipinski definition) is 1. The van der Waals surface area contributed by atoms with Gasteiger partial charge < -0.3 is 5.32 Å². The fourth-order valence-corrected chi connectivity index (χ4v) is 2.75. The number of aryl methyl sites for hydroxylation is 1. The first-order chi connectivity index (χ1) is 8.84. The largest absolute Gasteiger partial charge is 0.365 e. The molecule has 0 aliphatic carbocycles. The third-order valence-electron chi connectivity index (χ3n) is 2.95. The van der Waals surface area contributed by atoms with Gasteiger partial charge in [0.2, 0.25) is 0 Å². The molecule has 3 rings (SSSR count). The zero-order valence-corrected chi connectivity index (χ0v) is 10.9. The molecule has 0 bridgehead atoms. The molecular formula is C14H13N3S. The second-order valence-electron chi connectivity index (χ2n) is 4.17. The Morgan fingerprint density at radius 3 is 2.89 bits per heavy atom. The van der Waals surface area contributed by atoms with Crippen LogP contribution in [-0.2, 0) is 6.54 Å². The first-order valence-corrected chi connectivity index (χ1v) is 6.74. The molecule has 0 spiro atoms. The van der Waals surface area contributed by atoms with Gasteiger partial charge in [0.25, 0.3) is 0 Å². The SMILES string of the molecule is Cc1cscc1CNc1ncnc2ccccc12. The molecule has 18 heavy (non-hydrogen) atoms. The number of hydrogen-bond acceptors (Lipinski definition) is 4. The quantitative estimate of drug-likeness (QED) is 0.777. The molecule has 0 aliphatic heterocycles. The van der Waals surface area contributed by atoms with Crippen LogP contribution < -0.4 is 5.32 Å². The Morgan fingerprint density at radius 2 is 2.06 bits per heavy atom. The van der Waals surface area contributed by atoms with Gasteiger partial charge in [-0.25, -0.2) is 9.97 Å². The Balaban J connectivity index is 1.89. The molecule has 0 amide bonds. The summed E-state index contributed by atoms with van der Waals surface area (Å²) >= 11 is 1.73. The van der Waals surface area contributed by atoms with Crippen molar-refractivity contribution in [2.24, 2.45) is 0 Å². The van der Waals surface area contributed by atoms with Crippen molar-refractivity contribution in [2.75, 3.05) is 5.32 Å². The Morgan fingerprint density at radius 1 is 1.17 bits per heavy atom. The zero-order valence-electron chi connectivity index (χ0n) is 10.1. The van der Waals surface area contributed by atoms with Gasteiger partial charge in [0, 0.05) is 11.9 Å². The van der Waals surface area contributed by atoms with Crippen molar-refractivity contribution >= 4 is 28.1 Å². The minimum absolute atomic E-state index is 0.802. The van der Waals surface area contributed by atoms with E-state index in [9.17, 15) is 0 Å². The van der Waals surface area contributed by atoms with Crippen molar-refractivity contribution in [1.82, 2.24) is 9.97 Å². The third kappa shape index (κ3) is 2.07. The minimum Gasteiger partial charge on any atom is -0.365 e. The fourth-order valence-electron chi connectivity index (χ4n) is 1.89. The molecule has 0 aliphatic rings. The molecule has 0 unspecified atom stereocenters.